The minimum atomic E-state index is 0.270. The summed E-state index contributed by atoms with van der Waals surface area (Å²) in [6.07, 6.45) is 2.27. The molecule has 1 aromatic rings. The minimum absolute atomic E-state index is 0.270. The SMILES string of the molecule is CCc1ccccc1C1CCNCC1N. The van der Waals surface area contributed by atoms with Gasteiger partial charge in [-0.25, -0.2) is 0 Å². The van der Waals surface area contributed by atoms with Gasteiger partial charge in [-0.15, -0.1) is 0 Å². The van der Waals surface area contributed by atoms with Crippen molar-refractivity contribution in [2.45, 2.75) is 31.7 Å². The maximum atomic E-state index is 6.17. The topological polar surface area (TPSA) is 38.0 Å². The number of benzene rings is 1. The van der Waals surface area contributed by atoms with Crippen molar-refractivity contribution in [3.63, 3.8) is 0 Å². The van der Waals surface area contributed by atoms with Crippen molar-refractivity contribution >= 4 is 0 Å². The van der Waals surface area contributed by atoms with Crippen molar-refractivity contribution in [1.29, 1.82) is 0 Å². The fourth-order valence-electron chi connectivity index (χ4n) is 2.49. The molecule has 3 N–H and O–H groups in total. The van der Waals surface area contributed by atoms with Crippen molar-refractivity contribution in [3.05, 3.63) is 35.4 Å². The van der Waals surface area contributed by atoms with E-state index in [9.17, 15) is 0 Å². The lowest BCUT2D eigenvalue weighted by molar-refractivity contribution is 0.401. The first kappa shape index (κ1) is 10.7. The lowest BCUT2D eigenvalue weighted by Crippen LogP contribution is -2.45. The molecule has 0 aromatic heterocycles. The molecule has 2 unspecified atom stereocenters. The van der Waals surface area contributed by atoms with Crippen LogP contribution in [0.1, 0.15) is 30.4 Å². The third-order valence-corrected chi connectivity index (χ3v) is 3.36. The summed E-state index contributed by atoms with van der Waals surface area (Å²) >= 11 is 0. The van der Waals surface area contributed by atoms with Gasteiger partial charge in [-0.05, 0) is 30.5 Å². The quantitative estimate of drug-likeness (QED) is 0.769. The highest BCUT2D eigenvalue weighted by Gasteiger charge is 2.24. The van der Waals surface area contributed by atoms with E-state index < -0.39 is 0 Å². The molecule has 2 heteroatoms. The molecule has 1 aromatic carbocycles. The molecule has 2 nitrogen and oxygen atoms in total. The Bertz CT molecular complexity index is 322. The largest absolute Gasteiger partial charge is 0.326 e. The van der Waals surface area contributed by atoms with Gasteiger partial charge in [0.25, 0.3) is 0 Å². The van der Waals surface area contributed by atoms with E-state index in [0.29, 0.717) is 5.92 Å². The Kier molecular flexibility index (Phi) is 3.39. The molecular weight excluding hydrogens is 184 g/mol. The number of hydrogen-bond donors (Lipinski definition) is 2. The molecule has 0 spiro atoms. The van der Waals surface area contributed by atoms with Crippen LogP contribution in [0.4, 0.5) is 0 Å². The van der Waals surface area contributed by atoms with Crippen LogP contribution in [0.2, 0.25) is 0 Å². The maximum Gasteiger partial charge on any atom is 0.0235 e. The van der Waals surface area contributed by atoms with E-state index in [-0.39, 0.29) is 6.04 Å². The average molecular weight is 204 g/mol. The molecule has 1 saturated heterocycles. The summed E-state index contributed by atoms with van der Waals surface area (Å²) in [6, 6.07) is 8.99. The van der Waals surface area contributed by atoms with Gasteiger partial charge in [-0.3, -0.25) is 0 Å². The highest BCUT2D eigenvalue weighted by atomic mass is 14.9. The third kappa shape index (κ3) is 2.21. The Morgan fingerprint density at radius 2 is 2.20 bits per heavy atom. The van der Waals surface area contributed by atoms with E-state index in [1.165, 1.54) is 11.1 Å². The number of aryl methyl sites for hydroxylation is 1. The van der Waals surface area contributed by atoms with Crippen LogP contribution in [-0.4, -0.2) is 19.1 Å². The van der Waals surface area contributed by atoms with Crippen molar-refractivity contribution in [1.82, 2.24) is 5.32 Å². The smallest absolute Gasteiger partial charge is 0.0235 e. The Morgan fingerprint density at radius 1 is 1.40 bits per heavy atom. The second-order valence-electron chi connectivity index (χ2n) is 4.32. The van der Waals surface area contributed by atoms with Crippen LogP contribution in [0, 0.1) is 0 Å². The van der Waals surface area contributed by atoms with Gasteiger partial charge < -0.3 is 11.1 Å². The number of piperidine rings is 1. The first-order valence-electron chi connectivity index (χ1n) is 5.87. The first-order chi connectivity index (χ1) is 7.33. The maximum absolute atomic E-state index is 6.17. The van der Waals surface area contributed by atoms with Gasteiger partial charge in [0.15, 0.2) is 0 Å². The van der Waals surface area contributed by atoms with Crippen LogP contribution in [0.25, 0.3) is 0 Å². The second-order valence-corrected chi connectivity index (χ2v) is 4.32. The Labute approximate surface area is 91.9 Å². The fourth-order valence-corrected chi connectivity index (χ4v) is 2.49. The van der Waals surface area contributed by atoms with Gasteiger partial charge in [0, 0.05) is 18.5 Å². The molecule has 1 heterocycles. The lowest BCUT2D eigenvalue weighted by atomic mass is 9.83. The molecule has 15 heavy (non-hydrogen) atoms. The lowest BCUT2D eigenvalue weighted by Gasteiger charge is -2.31. The van der Waals surface area contributed by atoms with Crippen LogP contribution in [-0.2, 0) is 6.42 Å². The van der Waals surface area contributed by atoms with Crippen molar-refractivity contribution in [3.8, 4) is 0 Å². The van der Waals surface area contributed by atoms with Gasteiger partial charge in [0.05, 0.1) is 0 Å². The molecule has 82 valence electrons. The summed E-state index contributed by atoms with van der Waals surface area (Å²) in [4.78, 5) is 0. The molecule has 2 atom stereocenters. The van der Waals surface area contributed by atoms with Crippen LogP contribution in [0.5, 0.6) is 0 Å². The van der Waals surface area contributed by atoms with E-state index in [1.54, 1.807) is 0 Å². The van der Waals surface area contributed by atoms with Gasteiger partial charge in [0.1, 0.15) is 0 Å². The van der Waals surface area contributed by atoms with Crippen LogP contribution < -0.4 is 11.1 Å². The molecular formula is C13H20N2. The van der Waals surface area contributed by atoms with Crippen LogP contribution in [0.3, 0.4) is 0 Å². The van der Waals surface area contributed by atoms with Gasteiger partial charge in [-0.1, -0.05) is 31.2 Å². The summed E-state index contributed by atoms with van der Waals surface area (Å²) in [5, 5.41) is 3.35. The monoisotopic (exact) mass is 204 g/mol. The predicted octanol–water partition coefficient (Wildman–Crippen LogP) is 1.65. The minimum Gasteiger partial charge on any atom is -0.326 e. The summed E-state index contributed by atoms with van der Waals surface area (Å²) in [6.45, 7) is 4.25. The van der Waals surface area contributed by atoms with E-state index in [4.69, 9.17) is 5.73 Å². The highest BCUT2D eigenvalue weighted by Crippen LogP contribution is 2.27. The van der Waals surface area contributed by atoms with Crippen LogP contribution in [0.15, 0.2) is 24.3 Å². The number of rotatable bonds is 2. The molecule has 0 bridgehead atoms. The summed E-state index contributed by atoms with van der Waals surface area (Å²) in [7, 11) is 0. The van der Waals surface area contributed by atoms with Crippen molar-refractivity contribution in [2.24, 2.45) is 5.73 Å². The Balaban J connectivity index is 2.26. The summed E-state index contributed by atoms with van der Waals surface area (Å²) in [5.41, 5.74) is 9.10. The predicted molar refractivity (Wildman–Crippen MR) is 64.0 cm³/mol. The van der Waals surface area contributed by atoms with E-state index in [1.807, 2.05) is 0 Å². The van der Waals surface area contributed by atoms with E-state index in [0.717, 1.165) is 25.9 Å². The summed E-state index contributed by atoms with van der Waals surface area (Å²) in [5.74, 6) is 0.544. The average Bonchev–Trinajstić information content (AvgIpc) is 2.30. The molecule has 2 rings (SSSR count). The molecule has 1 aliphatic rings. The van der Waals surface area contributed by atoms with Gasteiger partial charge in [-0.2, -0.15) is 0 Å². The highest BCUT2D eigenvalue weighted by molar-refractivity contribution is 5.32. The number of hydrogen-bond acceptors (Lipinski definition) is 2. The molecule has 1 fully saturated rings. The van der Waals surface area contributed by atoms with E-state index >= 15 is 0 Å². The zero-order chi connectivity index (χ0) is 10.7. The first-order valence-corrected chi connectivity index (χ1v) is 5.87. The fraction of sp³-hybridized carbons (Fsp3) is 0.538. The van der Waals surface area contributed by atoms with Crippen molar-refractivity contribution < 1.29 is 0 Å². The Morgan fingerprint density at radius 3 is 2.93 bits per heavy atom. The number of nitrogens with one attached hydrogen (secondary N) is 1. The zero-order valence-corrected chi connectivity index (χ0v) is 9.37. The summed E-state index contributed by atoms with van der Waals surface area (Å²) < 4.78 is 0. The van der Waals surface area contributed by atoms with Crippen LogP contribution >= 0.6 is 0 Å². The number of nitrogens with two attached hydrogens (primary N) is 1. The molecule has 1 aliphatic heterocycles. The van der Waals surface area contributed by atoms with Gasteiger partial charge >= 0.3 is 0 Å². The molecule has 0 amide bonds. The third-order valence-electron chi connectivity index (χ3n) is 3.36. The van der Waals surface area contributed by atoms with E-state index in [2.05, 4.69) is 36.5 Å². The molecule has 0 saturated carbocycles. The molecule has 0 aliphatic carbocycles. The van der Waals surface area contributed by atoms with Crippen molar-refractivity contribution in [2.75, 3.05) is 13.1 Å². The standard InChI is InChI=1S/C13H20N2/c1-2-10-5-3-4-6-11(10)12-7-8-15-9-13(12)14/h3-6,12-13,15H,2,7-9,14H2,1H3. The second kappa shape index (κ2) is 4.77. The zero-order valence-electron chi connectivity index (χ0n) is 9.37. The van der Waals surface area contributed by atoms with Gasteiger partial charge in [0.2, 0.25) is 0 Å². The Hall–Kier alpha value is -0.860. The molecule has 0 radical (unpaired) electrons. The normalized spacial score (nSPS) is 26.5.